The topological polar surface area (TPSA) is 64.3 Å². The van der Waals surface area contributed by atoms with Crippen molar-refractivity contribution in [3.63, 3.8) is 0 Å². The third kappa shape index (κ3) is 3.12. The maximum atomic E-state index is 10.9. The van der Waals surface area contributed by atoms with Crippen molar-refractivity contribution in [2.24, 2.45) is 5.73 Å². The van der Waals surface area contributed by atoms with Crippen molar-refractivity contribution in [2.45, 2.75) is 19.6 Å². The summed E-state index contributed by atoms with van der Waals surface area (Å²) < 4.78 is 5.44. The molecule has 0 aromatic heterocycles. The maximum absolute atomic E-state index is 10.9. The third-order valence-electron chi connectivity index (χ3n) is 2.11. The van der Waals surface area contributed by atoms with Gasteiger partial charge in [0, 0.05) is 12.1 Å². The second-order valence-corrected chi connectivity index (χ2v) is 3.83. The first-order valence-corrected chi connectivity index (χ1v) is 5.32. The van der Waals surface area contributed by atoms with Crippen LogP contribution >= 0.6 is 11.6 Å². The van der Waals surface area contributed by atoms with E-state index in [1.165, 1.54) is 0 Å². The van der Waals surface area contributed by atoms with Gasteiger partial charge in [-0.1, -0.05) is 23.7 Å². The fourth-order valence-corrected chi connectivity index (χ4v) is 1.49. The Morgan fingerprint density at radius 1 is 1.62 bits per heavy atom. The van der Waals surface area contributed by atoms with E-state index in [-0.39, 0.29) is 0 Å². The number of primary amides is 1. The number of rotatable bonds is 5. The van der Waals surface area contributed by atoms with E-state index in [0.717, 1.165) is 5.56 Å². The van der Waals surface area contributed by atoms with E-state index in [9.17, 15) is 4.79 Å². The molecule has 0 bridgehead atoms. The molecular formula is C11H15ClN2O2. The van der Waals surface area contributed by atoms with Crippen LogP contribution in [0.1, 0.15) is 12.5 Å². The number of ether oxygens (including phenoxy) is 1. The van der Waals surface area contributed by atoms with Crippen molar-refractivity contribution in [1.29, 1.82) is 0 Å². The number of hydrogen-bond donors (Lipinski definition) is 2. The molecule has 0 spiro atoms. The molecule has 88 valence electrons. The Hall–Kier alpha value is -1.26. The number of nitrogens with two attached hydrogens (primary N) is 1. The first-order valence-electron chi connectivity index (χ1n) is 4.94. The number of carbonyl (C=O) groups is 1. The summed E-state index contributed by atoms with van der Waals surface area (Å²) >= 11 is 6.01. The Labute approximate surface area is 99.7 Å². The molecular weight excluding hydrogens is 228 g/mol. The lowest BCUT2D eigenvalue weighted by molar-refractivity contribution is -0.123. The summed E-state index contributed by atoms with van der Waals surface area (Å²) in [6.07, 6.45) is -0.699. The van der Waals surface area contributed by atoms with Crippen molar-refractivity contribution >= 4 is 17.5 Å². The van der Waals surface area contributed by atoms with E-state index in [4.69, 9.17) is 22.1 Å². The van der Waals surface area contributed by atoms with Crippen molar-refractivity contribution in [3.8, 4) is 5.75 Å². The zero-order valence-corrected chi connectivity index (χ0v) is 10.0. The van der Waals surface area contributed by atoms with Gasteiger partial charge in [0.2, 0.25) is 0 Å². The number of amides is 1. The van der Waals surface area contributed by atoms with E-state index in [1.807, 2.05) is 19.2 Å². The largest absolute Gasteiger partial charge is 0.479 e. The van der Waals surface area contributed by atoms with Gasteiger partial charge in [0.25, 0.3) is 5.91 Å². The van der Waals surface area contributed by atoms with Crippen LogP contribution < -0.4 is 15.8 Å². The summed E-state index contributed by atoms with van der Waals surface area (Å²) in [5.41, 5.74) is 6.03. The lowest BCUT2D eigenvalue weighted by Crippen LogP contribution is -2.31. The van der Waals surface area contributed by atoms with Crippen LogP contribution in [0.3, 0.4) is 0 Å². The average Bonchev–Trinajstić information content (AvgIpc) is 2.23. The highest BCUT2D eigenvalue weighted by Crippen LogP contribution is 2.29. The Balaban J connectivity index is 2.96. The lowest BCUT2D eigenvalue weighted by atomic mass is 10.2. The molecule has 1 rings (SSSR count). The summed E-state index contributed by atoms with van der Waals surface area (Å²) in [4.78, 5) is 10.9. The summed E-state index contributed by atoms with van der Waals surface area (Å²) in [6, 6.07) is 5.42. The minimum absolute atomic E-state index is 0.473. The number of para-hydroxylation sites is 1. The predicted octanol–water partition coefficient (Wildman–Crippen LogP) is 1.31. The van der Waals surface area contributed by atoms with Gasteiger partial charge in [0.15, 0.2) is 6.10 Å². The molecule has 3 N–H and O–H groups in total. The van der Waals surface area contributed by atoms with Crippen molar-refractivity contribution < 1.29 is 9.53 Å². The zero-order valence-electron chi connectivity index (χ0n) is 9.29. The summed E-state index contributed by atoms with van der Waals surface area (Å²) in [5, 5.41) is 3.47. The van der Waals surface area contributed by atoms with E-state index >= 15 is 0 Å². The molecule has 1 amide bonds. The first-order chi connectivity index (χ1) is 7.56. The predicted molar refractivity (Wildman–Crippen MR) is 63.5 cm³/mol. The lowest BCUT2D eigenvalue weighted by Gasteiger charge is -2.16. The number of benzene rings is 1. The minimum Gasteiger partial charge on any atom is -0.479 e. The molecule has 16 heavy (non-hydrogen) atoms. The molecule has 0 saturated heterocycles. The molecule has 4 nitrogen and oxygen atoms in total. The van der Waals surface area contributed by atoms with Crippen LogP contribution in [0.2, 0.25) is 5.02 Å². The number of carbonyl (C=O) groups excluding carboxylic acids is 1. The SMILES string of the molecule is CNCc1cccc(Cl)c1OC(C)C(N)=O. The highest BCUT2D eigenvalue weighted by atomic mass is 35.5. The molecule has 1 aromatic rings. The molecule has 5 heteroatoms. The summed E-state index contributed by atoms with van der Waals surface area (Å²) in [6.45, 7) is 2.20. The van der Waals surface area contributed by atoms with E-state index in [0.29, 0.717) is 17.3 Å². The summed E-state index contributed by atoms with van der Waals surface area (Å²) in [7, 11) is 1.82. The Morgan fingerprint density at radius 2 is 2.31 bits per heavy atom. The van der Waals surface area contributed by atoms with Gasteiger partial charge in [-0.15, -0.1) is 0 Å². The molecule has 1 atom stereocenters. The van der Waals surface area contributed by atoms with Crippen LogP contribution in [0.4, 0.5) is 0 Å². The fraction of sp³-hybridized carbons (Fsp3) is 0.364. The Bertz CT molecular complexity index is 382. The molecule has 0 aliphatic rings. The monoisotopic (exact) mass is 242 g/mol. The second-order valence-electron chi connectivity index (χ2n) is 3.42. The minimum atomic E-state index is -0.699. The highest BCUT2D eigenvalue weighted by Gasteiger charge is 2.15. The quantitative estimate of drug-likeness (QED) is 0.818. The van der Waals surface area contributed by atoms with Crippen LogP contribution in [0.5, 0.6) is 5.75 Å². The summed E-state index contributed by atoms with van der Waals surface area (Å²) in [5.74, 6) is -0.0138. The van der Waals surface area contributed by atoms with Gasteiger partial charge in [0.1, 0.15) is 5.75 Å². The smallest absolute Gasteiger partial charge is 0.258 e. The van der Waals surface area contributed by atoms with Gasteiger partial charge < -0.3 is 15.8 Å². The Kier molecular flexibility index (Phi) is 4.58. The zero-order chi connectivity index (χ0) is 12.1. The Morgan fingerprint density at radius 3 is 2.88 bits per heavy atom. The standard InChI is InChI=1S/C11H15ClN2O2/c1-7(11(13)15)16-10-8(6-14-2)4-3-5-9(10)12/h3-5,7,14H,6H2,1-2H3,(H2,13,15). The third-order valence-corrected chi connectivity index (χ3v) is 2.41. The first kappa shape index (κ1) is 12.8. The number of halogens is 1. The van der Waals surface area contributed by atoms with Gasteiger partial charge in [-0.3, -0.25) is 4.79 Å². The molecule has 0 aliphatic carbocycles. The van der Waals surface area contributed by atoms with Gasteiger partial charge in [-0.25, -0.2) is 0 Å². The van der Waals surface area contributed by atoms with Gasteiger partial charge in [0.05, 0.1) is 5.02 Å². The van der Waals surface area contributed by atoms with Gasteiger partial charge in [-0.05, 0) is 20.0 Å². The molecule has 0 aliphatic heterocycles. The van der Waals surface area contributed by atoms with Crippen LogP contribution in [-0.2, 0) is 11.3 Å². The van der Waals surface area contributed by atoms with Crippen LogP contribution in [0.15, 0.2) is 18.2 Å². The molecule has 0 saturated carbocycles. The van der Waals surface area contributed by atoms with Gasteiger partial charge >= 0.3 is 0 Å². The number of hydrogen-bond acceptors (Lipinski definition) is 3. The average molecular weight is 243 g/mol. The van der Waals surface area contributed by atoms with Crippen LogP contribution in [-0.4, -0.2) is 19.1 Å². The maximum Gasteiger partial charge on any atom is 0.258 e. The molecule has 0 heterocycles. The molecule has 1 aromatic carbocycles. The van der Waals surface area contributed by atoms with E-state index in [1.54, 1.807) is 13.0 Å². The van der Waals surface area contributed by atoms with Crippen LogP contribution in [0, 0.1) is 0 Å². The van der Waals surface area contributed by atoms with Crippen LogP contribution in [0.25, 0.3) is 0 Å². The van der Waals surface area contributed by atoms with Crippen molar-refractivity contribution in [3.05, 3.63) is 28.8 Å². The molecule has 1 unspecified atom stereocenters. The normalized spacial score (nSPS) is 12.2. The molecule has 0 fully saturated rings. The van der Waals surface area contributed by atoms with E-state index in [2.05, 4.69) is 5.32 Å². The van der Waals surface area contributed by atoms with Gasteiger partial charge in [-0.2, -0.15) is 0 Å². The fourth-order valence-electron chi connectivity index (χ4n) is 1.25. The second kappa shape index (κ2) is 5.72. The van der Waals surface area contributed by atoms with Crippen molar-refractivity contribution in [2.75, 3.05) is 7.05 Å². The van der Waals surface area contributed by atoms with Crippen molar-refractivity contribution in [1.82, 2.24) is 5.32 Å². The van der Waals surface area contributed by atoms with E-state index < -0.39 is 12.0 Å². The highest BCUT2D eigenvalue weighted by molar-refractivity contribution is 6.32. The molecule has 0 radical (unpaired) electrons. The number of nitrogens with one attached hydrogen (secondary N) is 1.